The Labute approximate surface area is 66.0 Å². The van der Waals surface area contributed by atoms with Gasteiger partial charge in [-0.25, -0.2) is 0 Å². The van der Waals surface area contributed by atoms with Gasteiger partial charge in [0.15, 0.2) is 0 Å². The summed E-state index contributed by atoms with van der Waals surface area (Å²) in [6, 6.07) is 0. The lowest BCUT2D eigenvalue weighted by atomic mass is 9.81. The van der Waals surface area contributed by atoms with Crippen LogP contribution in [0.5, 0.6) is 0 Å². The van der Waals surface area contributed by atoms with E-state index in [4.69, 9.17) is 0 Å². The van der Waals surface area contributed by atoms with Crippen LogP contribution in [0.1, 0.15) is 26.7 Å². The number of rotatable bonds is 0. The summed E-state index contributed by atoms with van der Waals surface area (Å²) in [4.78, 5) is 0. The molecule has 58 valence electrons. The molecule has 0 aromatic heterocycles. The predicted molar refractivity (Wildman–Crippen MR) is 48.0 cm³/mol. The highest BCUT2D eigenvalue weighted by Gasteiger charge is 2.46. The third kappa shape index (κ3) is 0.780. The van der Waals surface area contributed by atoms with Gasteiger partial charge in [0.1, 0.15) is 0 Å². The molecule has 6 atom stereocenters. The molecule has 0 spiro atoms. The van der Waals surface area contributed by atoms with Crippen molar-refractivity contribution in [2.45, 2.75) is 32.3 Å². The molecule has 0 aliphatic heterocycles. The molecule has 0 saturated heterocycles. The maximum atomic E-state index is 3.03. The predicted octanol–water partition coefficient (Wildman–Crippen LogP) is 2.54. The fourth-order valence-electron chi connectivity index (χ4n) is 3.00. The molecule has 0 amide bonds. The van der Waals surface area contributed by atoms with E-state index in [1.807, 2.05) is 0 Å². The monoisotopic (exact) mass is 156 g/mol. The summed E-state index contributed by atoms with van der Waals surface area (Å²) in [5.41, 5.74) is 0.955. The van der Waals surface area contributed by atoms with Gasteiger partial charge in [0, 0.05) is 0 Å². The maximum Gasteiger partial charge on any atom is -0.0230 e. The van der Waals surface area contributed by atoms with Gasteiger partial charge in [-0.15, -0.1) is 9.24 Å². The molecule has 6 unspecified atom stereocenters. The fourth-order valence-corrected chi connectivity index (χ4v) is 3.86. The zero-order chi connectivity index (χ0) is 7.30. The van der Waals surface area contributed by atoms with Crippen LogP contribution in [0, 0.1) is 23.7 Å². The summed E-state index contributed by atoms with van der Waals surface area (Å²) in [5, 5.41) is 0. The Morgan fingerprint density at radius 1 is 1.10 bits per heavy atom. The third-order valence-corrected chi connectivity index (χ3v) is 4.71. The summed E-state index contributed by atoms with van der Waals surface area (Å²) in [5.74, 6) is 4.13. The van der Waals surface area contributed by atoms with Gasteiger partial charge in [-0.2, -0.15) is 0 Å². The third-order valence-electron chi connectivity index (χ3n) is 3.95. The van der Waals surface area contributed by atoms with E-state index in [2.05, 4.69) is 23.1 Å². The van der Waals surface area contributed by atoms with Crippen LogP contribution in [-0.2, 0) is 0 Å². The molecule has 2 aliphatic carbocycles. The van der Waals surface area contributed by atoms with Gasteiger partial charge in [0.25, 0.3) is 0 Å². The number of hydrogen-bond donors (Lipinski definition) is 0. The molecule has 10 heavy (non-hydrogen) atoms. The second-order valence-electron chi connectivity index (χ2n) is 4.28. The molecule has 2 aliphatic rings. The van der Waals surface area contributed by atoms with Gasteiger partial charge >= 0.3 is 0 Å². The normalized spacial score (nSPS) is 59.7. The van der Waals surface area contributed by atoms with Crippen LogP contribution in [0.2, 0.25) is 0 Å². The van der Waals surface area contributed by atoms with Gasteiger partial charge in [0.2, 0.25) is 0 Å². The largest absolute Gasteiger partial charge is 0.134 e. The standard InChI is InChI=1S/C9H17P/c1-5-6(2)8-3-7(5)4-9(8)10/h5-9H,3-4,10H2,1-2H3. The summed E-state index contributed by atoms with van der Waals surface area (Å²) < 4.78 is 0. The molecule has 0 aromatic carbocycles. The Kier molecular flexibility index (Phi) is 1.57. The molecule has 0 radical (unpaired) electrons. The van der Waals surface area contributed by atoms with Gasteiger partial charge in [-0.3, -0.25) is 0 Å². The van der Waals surface area contributed by atoms with E-state index in [1.54, 1.807) is 0 Å². The van der Waals surface area contributed by atoms with E-state index in [-0.39, 0.29) is 0 Å². The highest BCUT2D eigenvalue weighted by molar-refractivity contribution is 7.17. The Morgan fingerprint density at radius 2 is 1.80 bits per heavy atom. The lowest BCUT2D eigenvalue weighted by Gasteiger charge is -2.29. The first kappa shape index (κ1) is 7.10. The van der Waals surface area contributed by atoms with Gasteiger partial charge < -0.3 is 0 Å². The maximum absolute atomic E-state index is 3.03. The molecule has 0 N–H and O–H groups in total. The van der Waals surface area contributed by atoms with E-state index in [9.17, 15) is 0 Å². The second kappa shape index (κ2) is 2.21. The van der Waals surface area contributed by atoms with Gasteiger partial charge in [0.05, 0.1) is 0 Å². The van der Waals surface area contributed by atoms with Crippen LogP contribution in [0.4, 0.5) is 0 Å². The Balaban J connectivity index is 2.16. The summed E-state index contributed by atoms with van der Waals surface area (Å²) >= 11 is 0. The van der Waals surface area contributed by atoms with E-state index >= 15 is 0 Å². The summed E-state index contributed by atoms with van der Waals surface area (Å²) in [6.07, 6.45) is 3.01. The first-order valence-corrected chi connectivity index (χ1v) is 5.12. The highest BCUT2D eigenvalue weighted by atomic mass is 31.0. The minimum absolute atomic E-state index is 0.955. The lowest BCUT2D eigenvalue weighted by Crippen LogP contribution is -2.23. The van der Waals surface area contributed by atoms with Crippen molar-refractivity contribution in [2.75, 3.05) is 0 Å². The van der Waals surface area contributed by atoms with Crippen molar-refractivity contribution in [2.24, 2.45) is 23.7 Å². The van der Waals surface area contributed by atoms with E-state index in [1.165, 1.54) is 12.8 Å². The molecule has 0 heterocycles. The van der Waals surface area contributed by atoms with E-state index < -0.39 is 0 Å². The summed E-state index contributed by atoms with van der Waals surface area (Å²) in [7, 11) is 3.03. The van der Waals surface area contributed by atoms with Crippen molar-refractivity contribution in [1.82, 2.24) is 0 Å². The molecule has 2 rings (SSSR count). The van der Waals surface area contributed by atoms with Crippen molar-refractivity contribution in [3.63, 3.8) is 0 Å². The van der Waals surface area contributed by atoms with Crippen molar-refractivity contribution >= 4 is 9.24 Å². The quantitative estimate of drug-likeness (QED) is 0.473. The van der Waals surface area contributed by atoms with Gasteiger partial charge in [-0.05, 0) is 42.2 Å². The Morgan fingerprint density at radius 3 is 2.20 bits per heavy atom. The first-order valence-electron chi connectivity index (χ1n) is 4.45. The van der Waals surface area contributed by atoms with Crippen molar-refractivity contribution in [3.05, 3.63) is 0 Å². The average Bonchev–Trinajstić information content (AvgIpc) is 2.36. The second-order valence-corrected chi connectivity index (χ2v) is 5.13. The van der Waals surface area contributed by atoms with E-state index in [0.717, 1.165) is 29.3 Å². The highest BCUT2D eigenvalue weighted by Crippen LogP contribution is 2.54. The average molecular weight is 156 g/mol. The van der Waals surface area contributed by atoms with Crippen molar-refractivity contribution < 1.29 is 0 Å². The molecule has 2 saturated carbocycles. The molecule has 1 heteroatoms. The summed E-state index contributed by atoms with van der Waals surface area (Å²) in [6.45, 7) is 4.87. The first-order chi connectivity index (χ1) is 4.70. The van der Waals surface area contributed by atoms with Crippen LogP contribution in [0.25, 0.3) is 0 Å². The van der Waals surface area contributed by atoms with Crippen molar-refractivity contribution in [3.8, 4) is 0 Å². The smallest absolute Gasteiger partial charge is 0.0230 e. The molecule has 0 nitrogen and oxygen atoms in total. The lowest BCUT2D eigenvalue weighted by molar-refractivity contribution is 0.266. The molecular weight excluding hydrogens is 139 g/mol. The Bertz CT molecular complexity index is 142. The molecular formula is C9H17P. The topological polar surface area (TPSA) is 0 Å². The Hall–Kier alpha value is 0.430. The minimum Gasteiger partial charge on any atom is -0.134 e. The number of fused-ring (bicyclic) bond motifs is 2. The van der Waals surface area contributed by atoms with Crippen LogP contribution in [-0.4, -0.2) is 5.66 Å². The molecule has 0 aromatic rings. The van der Waals surface area contributed by atoms with Gasteiger partial charge in [-0.1, -0.05) is 13.8 Å². The minimum atomic E-state index is 0.955. The molecule has 2 fully saturated rings. The van der Waals surface area contributed by atoms with Crippen molar-refractivity contribution in [1.29, 1.82) is 0 Å². The van der Waals surface area contributed by atoms with E-state index in [0.29, 0.717) is 0 Å². The molecule has 2 bridgehead atoms. The zero-order valence-electron chi connectivity index (χ0n) is 6.88. The van der Waals surface area contributed by atoms with Crippen LogP contribution < -0.4 is 0 Å². The van der Waals surface area contributed by atoms with Crippen LogP contribution >= 0.6 is 9.24 Å². The zero-order valence-corrected chi connectivity index (χ0v) is 8.03. The number of hydrogen-bond acceptors (Lipinski definition) is 0. The fraction of sp³-hybridized carbons (Fsp3) is 1.00. The van der Waals surface area contributed by atoms with Crippen LogP contribution in [0.3, 0.4) is 0 Å². The van der Waals surface area contributed by atoms with Crippen LogP contribution in [0.15, 0.2) is 0 Å². The SMILES string of the molecule is CC1C2CC(P)C(C2)C1C.